The number of piperidine rings is 1. The Morgan fingerprint density at radius 2 is 1.95 bits per heavy atom. The van der Waals surface area contributed by atoms with E-state index in [0.29, 0.717) is 57.0 Å². The van der Waals surface area contributed by atoms with Crippen LogP contribution in [0.1, 0.15) is 18.4 Å². The molecule has 3 aromatic rings. The Bertz CT molecular complexity index is 1320. The second-order valence-electron chi connectivity index (χ2n) is 10.2. The molecule has 2 aliphatic heterocycles. The summed E-state index contributed by atoms with van der Waals surface area (Å²) in [7, 11) is 6.94. The normalized spacial score (nSPS) is 16.8. The molecule has 1 N–H and O–H groups in total. The average molecular weight is 535 g/mol. The van der Waals surface area contributed by atoms with E-state index in [1.807, 2.05) is 53.1 Å². The van der Waals surface area contributed by atoms with Gasteiger partial charge in [0.25, 0.3) is 0 Å². The van der Waals surface area contributed by atoms with Gasteiger partial charge < -0.3 is 24.2 Å². The molecule has 0 bridgehead atoms. The number of anilines is 1. The number of carbonyl (C=O) groups excluding carboxylic acids is 2. The molecule has 1 spiro atoms. The standard InChI is InChI=1S/C27H34N8O4/c1-32(2)17-23(36)33-10-8-27(9-11-33)18-34(26(37)35(27)16-19-6-5-7-21(12-19)38-3)25-28-15-22(24(31-25)39-4)20-13-29-30-14-20/h5-7,12-15H,8-11,16-18H2,1-4H3,(H,29,30). The van der Waals surface area contributed by atoms with Crippen LogP contribution in [0.25, 0.3) is 11.1 Å². The lowest BCUT2D eigenvalue weighted by molar-refractivity contribution is -0.134. The van der Waals surface area contributed by atoms with E-state index in [1.54, 1.807) is 37.7 Å². The molecule has 2 saturated heterocycles. The minimum Gasteiger partial charge on any atom is -0.497 e. The van der Waals surface area contributed by atoms with Crippen LogP contribution in [0, 0.1) is 0 Å². The van der Waals surface area contributed by atoms with Crippen LogP contribution in [-0.2, 0) is 11.3 Å². The van der Waals surface area contributed by atoms with Crippen molar-refractivity contribution in [2.75, 3.05) is 59.4 Å². The molecule has 0 saturated carbocycles. The second-order valence-corrected chi connectivity index (χ2v) is 10.2. The van der Waals surface area contributed by atoms with Crippen molar-refractivity contribution in [1.29, 1.82) is 0 Å². The number of benzene rings is 1. The number of rotatable bonds is 8. The molecular formula is C27H34N8O4. The van der Waals surface area contributed by atoms with Crippen molar-refractivity contribution in [1.82, 2.24) is 34.9 Å². The first-order chi connectivity index (χ1) is 18.8. The molecule has 0 unspecified atom stereocenters. The van der Waals surface area contributed by atoms with Crippen LogP contribution in [0.2, 0.25) is 0 Å². The number of urea groups is 1. The molecule has 0 atom stereocenters. The Labute approximate surface area is 227 Å². The molecule has 5 rings (SSSR count). The summed E-state index contributed by atoms with van der Waals surface area (Å²) in [5.41, 5.74) is 1.95. The van der Waals surface area contributed by atoms with Gasteiger partial charge in [-0.2, -0.15) is 10.1 Å². The monoisotopic (exact) mass is 534 g/mol. The number of hydrogen-bond donors (Lipinski definition) is 1. The number of likely N-dealkylation sites (tertiary alicyclic amines) is 1. The first kappa shape index (κ1) is 26.4. The number of ether oxygens (including phenoxy) is 2. The van der Waals surface area contributed by atoms with Crippen molar-refractivity contribution < 1.29 is 19.1 Å². The maximum Gasteiger partial charge on any atom is 0.327 e. The zero-order chi connectivity index (χ0) is 27.6. The summed E-state index contributed by atoms with van der Waals surface area (Å²) in [5.74, 6) is 1.47. The number of likely N-dealkylation sites (N-methyl/N-ethyl adjacent to an activating group) is 1. The maximum absolute atomic E-state index is 14.0. The van der Waals surface area contributed by atoms with Crippen LogP contribution in [0.4, 0.5) is 10.7 Å². The number of methoxy groups -OCH3 is 2. The minimum absolute atomic E-state index is 0.0956. The minimum atomic E-state index is -0.477. The largest absolute Gasteiger partial charge is 0.497 e. The molecule has 4 heterocycles. The molecule has 1 aromatic carbocycles. The summed E-state index contributed by atoms with van der Waals surface area (Å²) in [4.78, 5) is 43.2. The first-order valence-electron chi connectivity index (χ1n) is 12.9. The topological polar surface area (TPSA) is 120 Å². The number of H-pyrrole nitrogens is 1. The van der Waals surface area contributed by atoms with E-state index in [9.17, 15) is 9.59 Å². The van der Waals surface area contributed by atoms with Crippen LogP contribution in [0.15, 0.2) is 42.9 Å². The third kappa shape index (κ3) is 5.24. The van der Waals surface area contributed by atoms with Gasteiger partial charge in [-0.05, 0) is 44.6 Å². The molecular weight excluding hydrogens is 500 g/mol. The highest BCUT2D eigenvalue weighted by atomic mass is 16.5. The lowest BCUT2D eigenvalue weighted by Gasteiger charge is -2.44. The molecule has 2 fully saturated rings. The van der Waals surface area contributed by atoms with E-state index in [-0.39, 0.29) is 17.9 Å². The molecule has 0 radical (unpaired) electrons. The third-order valence-corrected chi connectivity index (χ3v) is 7.45. The zero-order valence-electron chi connectivity index (χ0n) is 22.8. The van der Waals surface area contributed by atoms with Gasteiger partial charge in [-0.3, -0.25) is 14.8 Å². The number of carbonyl (C=O) groups is 2. The number of aromatic amines is 1. The molecule has 12 nitrogen and oxygen atoms in total. The van der Waals surface area contributed by atoms with E-state index < -0.39 is 5.54 Å². The van der Waals surface area contributed by atoms with E-state index in [4.69, 9.17) is 9.47 Å². The van der Waals surface area contributed by atoms with E-state index >= 15 is 0 Å². The average Bonchev–Trinajstić information content (AvgIpc) is 3.57. The van der Waals surface area contributed by atoms with Gasteiger partial charge in [0.05, 0.1) is 44.6 Å². The van der Waals surface area contributed by atoms with Crippen LogP contribution in [-0.4, -0.2) is 107 Å². The summed E-state index contributed by atoms with van der Waals surface area (Å²) in [6, 6.07) is 7.56. The summed E-state index contributed by atoms with van der Waals surface area (Å²) in [5, 5.41) is 6.77. The molecule has 2 aliphatic rings. The van der Waals surface area contributed by atoms with Gasteiger partial charge in [0.2, 0.25) is 17.7 Å². The van der Waals surface area contributed by atoms with Crippen LogP contribution >= 0.6 is 0 Å². The zero-order valence-corrected chi connectivity index (χ0v) is 22.8. The smallest absolute Gasteiger partial charge is 0.327 e. The van der Waals surface area contributed by atoms with Gasteiger partial charge in [-0.1, -0.05) is 12.1 Å². The number of aromatic nitrogens is 4. The summed E-state index contributed by atoms with van der Waals surface area (Å²) < 4.78 is 11.0. The Kier molecular flexibility index (Phi) is 7.38. The van der Waals surface area contributed by atoms with Crippen molar-refractivity contribution in [2.45, 2.75) is 24.9 Å². The van der Waals surface area contributed by atoms with E-state index in [1.165, 1.54) is 0 Å². The van der Waals surface area contributed by atoms with Gasteiger partial charge in [0, 0.05) is 37.6 Å². The van der Waals surface area contributed by atoms with Crippen molar-refractivity contribution in [3.63, 3.8) is 0 Å². The van der Waals surface area contributed by atoms with Crippen molar-refractivity contribution in [2.24, 2.45) is 0 Å². The van der Waals surface area contributed by atoms with Gasteiger partial charge in [0.15, 0.2) is 0 Å². The predicted molar refractivity (Wildman–Crippen MR) is 145 cm³/mol. The van der Waals surface area contributed by atoms with Crippen molar-refractivity contribution in [3.8, 4) is 22.8 Å². The molecule has 0 aliphatic carbocycles. The lowest BCUT2D eigenvalue weighted by atomic mass is 9.86. The van der Waals surface area contributed by atoms with E-state index in [2.05, 4.69) is 20.2 Å². The second kappa shape index (κ2) is 10.9. The van der Waals surface area contributed by atoms with Crippen LogP contribution < -0.4 is 14.4 Å². The highest BCUT2D eigenvalue weighted by Crippen LogP contribution is 2.40. The molecule has 2 aromatic heterocycles. The van der Waals surface area contributed by atoms with Crippen LogP contribution in [0.3, 0.4) is 0 Å². The molecule has 3 amide bonds. The SMILES string of the molecule is COc1cccc(CN2C(=O)N(c3ncc(-c4cn[nH]c4)c(OC)n3)CC23CCN(C(=O)CN(C)C)CC3)c1. The fourth-order valence-corrected chi connectivity index (χ4v) is 5.35. The van der Waals surface area contributed by atoms with Crippen LogP contribution in [0.5, 0.6) is 11.6 Å². The molecule has 39 heavy (non-hydrogen) atoms. The van der Waals surface area contributed by atoms with Gasteiger partial charge in [-0.25, -0.2) is 9.78 Å². The number of hydrogen-bond acceptors (Lipinski definition) is 8. The Morgan fingerprint density at radius 3 is 2.62 bits per heavy atom. The van der Waals surface area contributed by atoms with E-state index in [0.717, 1.165) is 16.9 Å². The summed E-state index contributed by atoms with van der Waals surface area (Å²) in [6.07, 6.45) is 6.36. The summed E-state index contributed by atoms with van der Waals surface area (Å²) >= 11 is 0. The quantitative estimate of drug-likeness (QED) is 0.467. The highest BCUT2D eigenvalue weighted by Gasteiger charge is 2.52. The van der Waals surface area contributed by atoms with Gasteiger partial charge >= 0.3 is 6.03 Å². The van der Waals surface area contributed by atoms with Crippen molar-refractivity contribution >= 4 is 17.9 Å². The predicted octanol–water partition coefficient (Wildman–Crippen LogP) is 2.25. The fourth-order valence-electron chi connectivity index (χ4n) is 5.35. The summed E-state index contributed by atoms with van der Waals surface area (Å²) in [6.45, 7) is 2.34. The maximum atomic E-state index is 14.0. The molecule has 206 valence electrons. The lowest BCUT2D eigenvalue weighted by Crippen LogP contribution is -2.55. The highest BCUT2D eigenvalue weighted by molar-refractivity contribution is 5.94. The van der Waals surface area contributed by atoms with Gasteiger partial charge in [0.1, 0.15) is 5.75 Å². The Hall–Kier alpha value is -4.19. The number of amides is 3. The Morgan fingerprint density at radius 1 is 1.15 bits per heavy atom. The van der Waals surface area contributed by atoms with Gasteiger partial charge in [-0.15, -0.1) is 0 Å². The number of nitrogens with zero attached hydrogens (tertiary/aromatic N) is 7. The fraction of sp³-hybridized carbons (Fsp3) is 0.444. The first-order valence-corrected chi connectivity index (χ1v) is 12.9. The Balaban J connectivity index is 1.45. The molecule has 12 heteroatoms. The number of nitrogens with one attached hydrogen (secondary N) is 1. The van der Waals surface area contributed by atoms with Crippen molar-refractivity contribution in [3.05, 3.63) is 48.4 Å². The third-order valence-electron chi connectivity index (χ3n) is 7.45.